The van der Waals surface area contributed by atoms with E-state index in [0.29, 0.717) is 6.61 Å². The van der Waals surface area contributed by atoms with E-state index in [9.17, 15) is 0 Å². The highest BCUT2D eigenvalue weighted by Crippen LogP contribution is 2.36. The average molecular weight is 285 g/mol. The lowest BCUT2D eigenvalue weighted by Gasteiger charge is -2.36. The van der Waals surface area contributed by atoms with Crippen LogP contribution in [0.25, 0.3) is 0 Å². The summed E-state index contributed by atoms with van der Waals surface area (Å²) in [5.41, 5.74) is 1.05. The predicted octanol–water partition coefficient (Wildman–Crippen LogP) is 4.94. The Balaban J connectivity index is 4.18. The highest BCUT2D eigenvalue weighted by Gasteiger charge is 2.36. The molecule has 0 fully saturated rings. The molecule has 0 aliphatic carbocycles. The third-order valence-corrected chi connectivity index (χ3v) is 8.24. The fourth-order valence-electron chi connectivity index (χ4n) is 1.38. The summed E-state index contributed by atoms with van der Waals surface area (Å²) in [5.74, 6) is 0. The van der Waals surface area contributed by atoms with Gasteiger partial charge in [0.25, 0.3) is 0 Å². The lowest BCUT2D eigenvalue weighted by molar-refractivity contribution is 0.0535. The Morgan fingerprint density at radius 3 is 2.32 bits per heavy atom. The van der Waals surface area contributed by atoms with Crippen molar-refractivity contribution >= 4 is 8.32 Å². The molecule has 0 radical (unpaired) electrons. The van der Waals surface area contributed by atoms with Gasteiger partial charge in [0.1, 0.15) is 0 Å². The predicted molar refractivity (Wildman–Crippen MR) is 87.1 cm³/mol. The topological polar surface area (TPSA) is 18.5 Å². The summed E-state index contributed by atoms with van der Waals surface area (Å²) in [4.78, 5) is 0. The van der Waals surface area contributed by atoms with E-state index in [0.717, 1.165) is 25.0 Å². The summed E-state index contributed by atoms with van der Waals surface area (Å²) >= 11 is 0. The van der Waals surface area contributed by atoms with E-state index in [1.165, 1.54) is 0 Å². The minimum atomic E-state index is -1.64. The SMILES string of the molecule is C=CCC(CCO[Si](C)(C)C(C)(C)C)OCC(=C)C. The number of rotatable bonds is 9. The first-order chi connectivity index (χ1) is 8.60. The van der Waals surface area contributed by atoms with Crippen molar-refractivity contribution in [3.8, 4) is 0 Å². The molecule has 0 saturated carbocycles. The molecule has 0 spiro atoms. The van der Waals surface area contributed by atoms with Crippen LogP contribution < -0.4 is 0 Å². The number of hydrogen-bond donors (Lipinski definition) is 0. The fourth-order valence-corrected chi connectivity index (χ4v) is 2.44. The van der Waals surface area contributed by atoms with Crippen molar-refractivity contribution in [1.82, 2.24) is 0 Å². The molecule has 0 bridgehead atoms. The van der Waals surface area contributed by atoms with Crippen molar-refractivity contribution in [2.45, 2.75) is 64.8 Å². The van der Waals surface area contributed by atoms with E-state index in [1.807, 2.05) is 13.0 Å². The molecule has 1 unspecified atom stereocenters. The molecule has 0 aromatic heterocycles. The first kappa shape index (κ1) is 18.6. The zero-order chi connectivity index (χ0) is 15.1. The van der Waals surface area contributed by atoms with Crippen molar-refractivity contribution in [3.63, 3.8) is 0 Å². The first-order valence-corrected chi connectivity index (χ1v) is 10.0. The van der Waals surface area contributed by atoms with Gasteiger partial charge in [-0.3, -0.25) is 0 Å². The molecule has 0 rings (SSSR count). The Morgan fingerprint density at radius 1 is 1.32 bits per heavy atom. The lowest BCUT2D eigenvalue weighted by atomic mass is 10.2. The molecule has 0 aliphatic rings. The van der Waals surface area contributed by atoms with Crippen molar-refractivity contribution in [1.29, 1.82) is 0 Å². The van der Waals surface area contributed by atoms with E-state index in [2.05, 4.69) is 47.0 Å². The van der Waals surface area contributed by atoms with Crippen LogP contribution in [0.4, 0.5) is 0 Å². The molecule has 0 N–H and O–H groups in total. The molecule has 112 valence electrons. The van der Waals surface area contributed by atoms with Crippen LogP contribution in [0, 0.1) is 0 Å². The van der Waals surface area contributed by atoms with Gasteiger partial charge < -0.3 is 9.16 Å². The summed E-state index contributed by atoms with van der Waals surface area (Å²) in [7, 11) is -1.64. The van der Waals surface area contributed by atoms with Gasteiger partial charge in [0, 0.05) is 6.61 Å². The summed E-state index contributed by atoms with van der Waals surface area (Å²) < 4.78 is 12.0. The van der Waals surface area contributed by atoms with Crippen LogP contribution >= 0.6 is 0 Å². The van der Waals surface area contributed by atoms with E-state index >= 15 is 0 Å². The van der Waals surface area contributed by atoms with Gasteiger partial charge in [0.05, 0.1) is 12.7 Å². The largest absolute Gasteiger partial charge is 0.417 e. The zero-order valence-corrected chi connectivity index (χ0v) is 14.7. The maximum absolute atomic E-state index is 6.18. The average Bonchev–Trinajstić information content (AvgIpc) is 2.24. The minimum Gasteiger partial charge on any atom is -0.417 e. The second-order valence-corrected chi connectivity index (χ2v) is 11.6. The van der Waals surface area contributed by atoms with Crippen LogP contribution in [0.5, 0.6) is 0 Å². The second kappa shape index (κ2) is 8.03. The van der Waals surface area contributed by atoms with Crippen molar-refractivity contribution in [2.75, 3.05) is 13.2 Å². The lowest BCUT2D eigenvalue weighted by Crippen LogP contribution is -2.41. The number of ether oxygens (including phenoxy) is 1. The summed E-state index contributed by atoms with van der Waals surface area (Å²) in [6.45, 7) is 22.4. The van der Waals surface area contributed by atoms with Gasteiger partial charge in [-0.2, -0.15) is 0 Å². The van der Waals surface area contributed by atoms with Gasteiger partial charge in [-0.05, 0) is 37.9 Å². The fraction of sp³-hybridized carbons (Fsp3) is 0.750. The van der Waals surface area contributed by atoms with Crippen LogP contribution in [0.3, 0.4) is 0 Å². The molecule has 0 heterocycles. The molecular weight excluding hydrogens is 252 g/mol. The van der Waals surface area contributed by atoms with Gasteiger partial charge in [-0.25, -0.2) is 0 Å². The number of hydrogen-bond acceptors (Lipinski definition) is 2. The van der Waals surface area contributed by atoms with Crippen LogP contribution in [0.1, 0.15) is 40.5 Å². The van der Waals surface area contributed by atoms with Crippen LogP contribution in [0.15, 0.2) is 24.8 Å². The third kappa shape index (κ3) is 7.70. The highest BCUT2D eigenvalue weighted by molar-refractivity contribution is 6.74. The van der Waals surface area contributed by atoms with Crippen molar-refractivity contribution in [2.24, 2.45) is 0 Å². The summed E-state index contributed by atoms with van der Waals surface area (Å²) in [6, 6.07) is 0. The van der Waals surface area contributed by atoms with Crippen molar-refractivity contribution < 1.29 is 9.16 Å². The van der Waals surface area contributed by atoms with Crippen LogP contribution in [0.2, 0.25) is 18.1 Å². The zero-order valence-electron chi connectivity index (χ0n) is 13.7. The Kier molecular flexibility index (Phi) is 7.87. The molecule has 1 atom stereocenters. The van der Waals surface area contributed by atoms with Gasteiger partial charge in [0.2, 0.25) is 0 Å². The van der Waals surface area contributed by atoms with Crippen molar-refractivity contribution in [3.05, 3.63) is 24.8 Å². The maximum atomic E-state index is 6.18. The molecular formula is C16H32O2Si. The minimum absolute atomic E-state index is 0.193. The maximum Gasteiger partial charge on any atom is 0.191 e. The molecule has 2 nitrogen and oxygen atoms in total. The molecule has 0 saturated heterocycles. The third-order valence-electron chi connectivity index (χ3n) is 3.70. The quantitative estimate of drug-likeness (QED) is 0.441. The van der Waals surface area contributed by atoms with Gasteiger partial charge in [0.15, 0.2) is 8.32 Å². The van der Waals surface area contributed by atoms with Crippen LogP contribution in [-0.4, -0.2) is 27.6 Å². The standard InChI is InChI=1S/C16H32O2Si/c1-9-10-15(17-13-14(2)3)11-12-18-19(7,8)16(4,5)6/h9,15H,1-2,10-13H2,3-8H3. The van der Waals surface area contributed by atoms with Crippen LogP contribution in [-0.2, 0) is 9.16 Å². The Labute approximate surface area is 121 Å². The molecule has 19 heavy (non-hydrogen) atoms. The first-order valence-electron chi connectivity index (χ1n) is 7.11. The smallest absolute Gasteiger partial charge is 0.191 e. The van der Waals surface area contributed by atoms with Gasteiger partial charge >= 0.3 is 0 Å². The monoisotopic (exact) mass is 284 g/mol. The second-order valence-electron chi connectivity index (χ2n) is 6.81. The highest BCUT2D eigenvalue weighted by atomic mass is 28.4. The molecule has 0 aromatic rings. The van der Waals surface area contributed by atoms with Gasteiger partial charge in [-0.15, -0.1) is 6.58 Å². The molecule has 0 aliphatic heterocycles. The Hall–Kier alpha value is -0.383. The van der Waals surface area contributed by atoms with E-state index in [1.54, 1.807) is 0 Å². The van der Waals surface area contributed by atoms with Gasteiger partial charge in [-0.1, -0.05) is 39.0 Å². The molecule has 0 aromatic carbocycles. The van der Waals surface area contributed by atoms with E-state index in [4.69, 9.17) is 9.16 Å². The normalized spacial score (nSPS) is 14.2. The van der Waals surface area contributed by atoms with E-state index in [-0.39, 0.29) is 11.1 Å². The molecule has 0 amide bonds. The summed E-state index contributed by atoms with van der Waals surface area (Å²) in [6.07, 6.45) is 3.90. The summed E-state index contributed by atoms with van der Waals surface area (Å²) in [5, 5.41) is 0.263. The molecule has 3 heteroatoms. The Bertz CT molecular complexity index is 290. The Morgan fingerprint density at radius 2 is 1.89 bits per heavy atom. The van der Waals surface area contributed by atoms with E-state index < -0.39 is 8.32 Å².